The lowest BCUT2D eigenvalue weighted by molar-refractivity contribution is -0.117. The van der Waals surface area contributed by atoms with Gasteiger partial charge in [0.05, 0.1) is 6.61 Å². The second-order valence-corrected chi connectivity index (χ2v) is 4.98. The van der Waals surface area contributed by atoms with Crippen molar-refractivity contribution < 1.29 is 9.53 Å². The molecule has 0 aliphatic heterocycles. The van der Waals surface area contributed by atoms with Crippen LogP contribution in [0.5, 0.6) is 5.75 Å². The van der Waals surface area contributed by atoms with E-state index in [9.17, 15) is 4.79 Å². The van der Waals surface area contributed by atoms with E-state index in [1.165, 1.54) is 26.2 Å². The van der Waals surface area contributed by atoms with Crippen LogP contribution in [0, 0.1) is 0 Å². The molecule has 1 rings (SSSR count). The van der Waals surface area contributed by atoms with Crippen LogP contribution in [-0.4, -0.2) is 17.6 Å². The number of carbonyl (C=O) groups excluding carboxylic acids is 1. The summed E-state index contributed by atoms with van der Waals surface area (Å²) in [6.07, 6.45) is 4.78. The maximum absolute atomic E-state index is 10.8. The molecule has 0 radical (unpaired) electrons. The Bertz CT molecular complexity index is 432. The van der Waals surface area contributed by atoms with E-state index >= 15 is 0 Å². The fourth-order valence-electron chi connectivity index (χ4n) is 1.68. The molecule has 0 fully saturated rings. The molecule has 0 bridgehead atoms. The Morgan fingerprint density at radius 2 is 1.90 bits per heavy atom. The fraction of sp³-hybridized carbons (Fsp3) is 0.467. The lowest BCUT2D eigenvalue weighted by atomic mass is 10.2. The highest BCUT2D eigenvalue weighted by Gasteiger charge is 2.00. The largest absolute Gasteiger partial charge is 0.494 e. The van der Waals surface area contributed by atoms with Gasteiger partial charge in [0, 0.05) is 12.6 Å². The van der Waals surface area contributed by atoms with Gasteiger partial charge < -0.3 is 15.4 Å². The third-order valence-electron chi connectivity index (χ3n) is 2.67. The van der Waals surface area contributed by atoms with Crippen LogP contribution in [0.15, 0.2) is 24.3 Å². The summed E-state index contributed by atoms with van der Waals surface area (Å²) in [5.74, 6) is 0.659. The normalized spacial score (nSPS) is 9.90. The van der Waals surface area contributed by atoms with Crippen LogP contribution in [0.4, 0.5) is 5.69 Å². The van der Waals surface area contributed by atoms with E-state index < -0.39 is 0 Å². The van der Waals surface area contributed by atoms with Gasteiger partial charge in [0.2, 0.25) is 5.91 Å². The molecule has 0 aromatic heterocycles. The monoisotopic (exact) mass is 294 g/mol. The molecule has 0 atom stereocenters. The first kappa shape index (κ1) is 16.4. The smallest absolute Gasteiger partial charge is 0.222 e. The average Bonchev–Trinajstić information content (AvgIpc) is 2.39. The third kappa shape index (κ3) is 7.09. The number of ether oxygens (including phenoxy) is 1. The summed E-state index contributed by atoms with van der Waals surface area (Å²) in [6.45, 7) is 4.36. The molecule has 5 heteroatoms. The van der Waals surface area contributed by atoms with Crippen molar-refractivity contribution in [3.63, 3.8) is 0 Å². The van der Waals surface area contributed by atoms with Crippen LogP contribution in [-0.2, 0) is 4.79 Å². The summed E-state index contributed by atoms with van der Waals surface area (Å²) < 4.78 is 5.65. The topological polar surface area (TPSA) is 50.4 Å². The molecule has 1 amide bonds. The van der Waals surface area contributed by atoms with Gasteiger partial charge in [-0.15, -0.1) is 0 Å². The zero-order valence-corrected chi connectivity index (χ0v) is 12.9. The number of carbonyl (C=O) groups is 1. The van der Waals surface area contributed by atoms with Crippen LogP contribution in [0.1, 0.15) is 39.5 Å². The van der Waals surface area contributed by atoms with Gasteiger partial charge in [0.25, 0.3) is 0 Å². The lowest BCUT2D eigenvalue weighted by Crippen LogP contribution is -2.32. The lowest BCUT2D eigenvalue weighted by Gasteiger charge is -2.09. The van der Waals surface area contributed by atoms with Crippen molar-refractivity contribution in [2.75, 3.05) is 11.9 Å². The standard InChI is InChI=1S/C15H22N2O2S/c1-3-4-5-6-11-19-14-9-7-13(8-10-14)17-15(20)16-12(2)18/h7-10H,3-6,11H2,1-2H3,(H2,16,17,18,20). The molecule has 20 heavy (non-hydrogen) atoms. The first-order valence-corrected chi connectivity index (χ1v) is 7.34. The van der Waals surface area contributed by atoms with Crippen molar-refractivity contribution in [1.82, 2.24) is 5.32 Å². The number of benzene rings is 1. The highest BCUT2D eigenvalue weighted by atomic mass is 32.1. The van der Waals surface area contributed by atoms with Crippen LogP contribution in [0.25, 0.3) is 0 Å². The molecule has 1 aromatic rings. The Hall–Kier alpha value is -1.62. The summed E-state index contributed by atoms with van der Waals surface area (Å²) in [5, 5.41) is 5.74. The Morgan fingerprint density at radius 1 is 1.20 bits per heavy atom. The van der Waals surface area contributed by atoms with E-state index in [2.05, 4.69) is 17.6 Å². The molecule has 0 aliphatic rings. The summed E-state index contributed by atoms with van der Waals surface area (Å²) >= 11 is 4.98. The Labute approximate surface area is 125 Å². The van der Waals surface area contributed by atoms with E-state index in [1.54, 1.807) is 0 Å². The van der Waals surface area contributed by atoms with Crippen molar-refractivity contribution in [2.45, 2.75) is 39.5 Å². The highest BCUT2D eigenvalue weighted by Crippen LogP contribution is 2.16. The molecule has 0 spiro atoms. The molecule has 4 nitrogen and oxygen atoms in total. The van der Waals surface area contributed by atoms with Gasteiger partial charge in [-0.05, 0) is 42.9 Å². The molecule has 0 saturated heterocycles. The molecule has 110 valence electrons. The van der Waals surface area contributed by atoms with E-state index in [1.807, 2.05) is 24.3 Å². The second-order valence-electron chi connectivity index (χ2n) is 4.57. The minimum atomic E-state index is -0.186. The predicted molar refractivity (Wildman–Crippen MR) is 86.1 cm³/mol. The molecular formula is C15H22N2O2S. The van der Waals surface area contributed by atoms with Gasteiger partial charge in [-0.3, -0.25) is 4.79 Å². The van der Waals surface area contributed by atoms with Crippen molar-refractivity contribution in [3.05, 3.63) is 24.3 Å². The minimum absolute atomic E-state index is 0.186. The molecule has 1 aromatic carbocycles. The molecular weight excluding hydrogens is 272 g/mol. The number of anilines is 1. The van der Waals surface area contributed by atoms with Crippen LogP contribution >= 0.6 is 12.2 Å². The number of rotatable bonds is 7. The Balaban J connectivity index is 2.32. The van der Waals surface area contributed by atoms with Gasteiger partial charge in [-0.1, -0.05) is 26.2 Å². The fourth-order valence-corrected chi connectivity index (χ4v) is 1.94. The van der Waals surface area contributed by atoms with Crippen molar-refractivity contribution in [3.8, 4) is 5.75 Å². The zero-order chi connectivity index (χ0) is 14.8. The van der Waals surface area contributed by atoms with E-state index in [0.717, 1.165) is 24.5 Å². The summed E-state index contributed by atoms with van der Waals surface area (Å²) in [5.41, 5.74) is 0.821. The minimum Gasteiger partial charge on any atom is -0.494 e. The van der Waals surface area contributed by atoms with Gasteiger partial charge in [-0.25, -0.2) is 0 Å². The van der Waals surface area contributed by atoms with Crippen molar-refractivity contribution in [2.24, 2.45) is 0 Å². The third-order valence-corrected chi connectivity index (χ3v) is 2.87. The van der Waals surface area contributed by atoms with Crippen molar-refractivity contribution >= 4 is 28.9 Å². The van der Waals surface area contributed by atoms with Crippen molar-refractivity contribution in [1.29, 1.82) is 0 Å². The number of amides is 1. The summed E-state index contributed by atoms with van der Waals surface area (Å²) in [4.78, 5) is 10.8. The zero-order valence-electron chi connectivity index (χ0n) is 12.1. The number of nitrogens with one attached hydrogen (secondary N) is 2. The van der Waals surface area contributed by atoms with Gasteiger partial charge in [0.1, 0.15) is 5.75 Å². The van der Waals surface area contributed by atoms with Crippen LogP contribution in [0.2, 0.25) is 0 Å². The maximum atomic E-state index is 10.8. The molecule has 0 unspecified atom stereocenters. The Kier molecular flexibility index (Phi) is 7.65. The van der Waals surface area contributed by atoms with Crippen LogP contribution in [0.3, 0.4) is 0 Å². The number of hydrogen-bond donors (Lipinski definition) is 2. The quantitative estimate of drug-likeness (QED) is 0.597. The molecule has 2 N–H and O–H groups in total. The number of thiocarbonyl (C=S) groups is 1. The van der Waals surface area contributed by atoms with Gasteiger partial charge in [-0.2, -0.15) is 0 Å². The first-order valence-electron chi connectivity index (χ1n) is 6.93. The molecule has 0 saturated carbocycles. The summed E-state index contributed by atoms with van der Waals surface area (Å²) in [6, 6.07) is 7.52. The van der Waals surface area contributed by atoms with E-state index in [0.29, 0.717) is 5.11 Å². The Morgan fingerprint density at radius 3 is 2.50 bits per heavy atom. The summed E-state index contributed by atoms with van der Waals surface area (Å²) in [7, 11) is 0. The number of unbranched alkanes of at least 4 members (excludes halogenated alkanes) is 3. The average molecular weight is 294 g/mol. The maximum Gasteiger partial charge on any atom is 0.222 e. The molecule has 0 heterocycles. The highest BCUT2D eigenvalue weighted by molar-refractivity contribution is 7.80. The second kappa shape index (κ2) is 9.31. The first-order chi connectivity index (χ1) is 9.61. The SMILES string of the molecule is CCCCCCOc1ccc(NC(=S)NC(C)=O)cc1. The van der Waals surface area contributed by atoms with E-state index in [4.69, 9.17) is 17.0 Å². The van der Waals surface area contributed by atoms with Gasteiger partial charge >= 0.3 is 0 Å². The van der Waals surface area contributed by atoms with Gasteiger partial charge in [0.15, 0.2) is 5.11 Å². The van der Waals surface area contributed by atoms with E-state index in [-0.39, 0.29) is 5.91 Å². The predicted octanol–water partition coefficient (Wildman–Crippen LogP) is 3.48. The number of hydrogen-bond acceptors (Lipinski definition) is 3. The van der Waals surface area contributed by atoms with Crippen LogP contribution < -0.4 is 15.4 Å². The molecule has 0 aliphatic carbocycles.